The predicted octanol–water partition coefficient (Wildman–Crippen LogP) is 4.36. The van der Waals surface area contributed by atoms with E-state index < -0.39 is 0 Å². The first-order chi connectivity index (χ1) is 9.20. The second kappa shape index (κ2) is 6.66. The summed E-state index contributed by atoms with van der Waals surface area (Å²) in [6, 6.07) is 8.75. The number of pyridine rings is 1. The molecule has 1 aromatic carbocycles. The molecule has 2 aromatic rings. The van der Waals surface area contributed by atoms with Crippen LogP contribution in [0.3, 0.4) is 0 Å². The summed E-state index contributed by atoms with van der Waals surface area (Å²) in [7, 11) is 0. The minimum atomic E-state index is -0.235. The first kappa shape index (κ1) is 14.0. The first-order valence-electron chi connectivity index (χ1n) is 6.21. The lowest BCUT2D eigenvalue weighted by molar-refractivity contribution is 0.313. The molecule has 0 aliphatic heterocycles. The maximum atomic E-state index is 13.8. The molecular weight excluding hydrogens is 309 g/mol. The van der Waals surface area contributed by atoms with Gasteiger partial charge in [0, 0.05) is 17.1 Å². The number of aromatic nitrogens is 1. The van der Waals surface area contributed by atoms with E-state index in [9.17, 15) is 4.39 Å². The maximum Gasteiger partial charge on any atom is 0.141 e. The molecule has 0 aliphatic carbocycles. The summed E-state index contributed by atoms with van der Waals surface area (Å²) in [5, 5.41) is 0. The third-order valence-corrected chi connectivity index (χ3v) is 3.18. The quantitative estimate of drug-likeness (QED) is 0.815. The fourth-order valence-corrected chi connectivity index (χ4v) is 2.08. The summed E-state index contributed by atoms with van der Waals surface area (Å²) in [6.45, 7) is 2.69. The zero-order chi connectivity index (χ0) is 13.7. The van der Waals surface area contributed by atoms with Crippen LogP contribution in [0.4, 0.5) is 4.39 Å². The summed E-state index contributed by atoms with van der Waals surface area (Å²) in [4.78, 5) is 4.29. The van der Waals surface area contributed by atoms with E-state index in [1.807, 2.05) is 25.1 Å². The van der Waals surface area contributed by atoms with Crippen molar-refractivity contribution in [1.82, 2.24) is 4.98 Å². The molecule has 0 N–H and O–H groups in total. The lowest BCUT2D eigenvalue weighted by atomic mass is 10.1. The van der Waals surface area contributed by atoms with Gasteiger partial charge in [0.05, 0.1) is 12.3 Å². The lowest BCUT2D eigenvalue weighted by Crippen LogP contribution is -2.02. The van der Waals surface area contributed by atoms with Crippen LogP contribution in [0.1, 0.15) is 24.6 Å². The molecule has 1 heterocycles. The Kier molecular flexibility index (Phi) is 4.91. The summed E-state index contributed by atoms with van der Waals surface area (Å²) in [5.41, 5.74) is 1.38. The van der Waals surface area contributed by atoms with Crippen molar-refractivity contribution in [1.29, 1.82) is 0 Å². The molecule has 100 valence electrons. The molecule has 1 aromatic heterocycles. The predicted molar refractivity (Wildman–Crippen MR) is 76.9 cm³/mol. The Hall–Kier alpha value is -1.42. The molecule has 19 heavy (non-hydrogen) atoms. The first-order valence-corrected chi connectivity index (χ1v) is 7.00. The van der Waals surface area contributed by atoms with Gasteiger partial charge in [0.15, 0.2) is 0 Å². The number of benzene rings is 1. The Balaban J connectivity index is 2.22. The summed E-state index contributed by atoms with van der Waals surface area (Å²) in [5.74, 6) is 0.494. The lowest BCUT2D eigenvalue weighted by Gasteiger charge is -2.10. The third kappa shape index (κ3) is 3.77. The number of rotatable bonds is 5. The van der Waals surface area contributed by atoms with Crippen LogP contribution in [-0.2, 0) is 6.42 Å². The number of halogens is 2. The van der Waals surface area contributed by atoms with Crippen molar-refractivity contribution < 1.29 is 9.13 Å². The largest absolute Gasteiger partial charge is 0.492 e. The fraction of sp³-hybridized carbons (Fsp3) is 0.267. The summed E-state index contributed by atoms with van der Waals surface area (Å²) < 4.78 is 20.2. The molecule has 0 unspecified atom stereocenters. The van der Waals surface area contributed by atoms with Gasteiger partial charge >= 0.3 is 0 Å². The Bertz CT molecular complexity index is 560. The summed E-state index contributed by atoms with van der Waals surface area (Å²) in [6.07, 6.45) is 3.06. The second-order valence-corrected chi connectivity index (χ2v) is 5.12. The number of nitrogens with zero attached hydrogens (tertiary/aromatic N) is 1. The molecule has 2 nitrogen and oxygen atoms in total. The van der Waals surface area contributed by atoms with Gasteiger partial charge in [-0.1, -0.05) is 28.9 Å². The van der Waals surface area contributed by atoms with Gasteiger partial charge in [-0.15, -0.1) is 0 Å². The zero-order valence-electron chi connectivity index (χ0n) is 10.7. The van der Waals surface area contributed by atoms with Gasteiger partial charge in [0.1, 0.15) is 11.6 Å². The highest BCUT2D eigenvalue weighted by Gasteiger charge is 2.09. The van der Waals surface area contributed by atoms with Crippen molar-refractivity contribution in [3.8, 4) is 5.75 Å². The number of hydrogen-bond donors (Lipinski definition) is 0. The smallest absolute Gasteiger partial charge is 0.141 e. The normalized spacial score (nSPS) is 10.5. The van der Waals surface area contributed by atoms with Crippen LogP contribution in [-0.4, -0.2) is 11.6 Å². The average molecular weight is 324 g/mol. The molecular formula is C15H15BrFNO. The van der Waals surface area contributed by atoms with Gasteiger partial charge in [-0.25, -0.2) is 4.39 Å². The van der Waals surface area contributed by atoms with E-state index in [1.165, 1.54) is 6.07 Å². The standard InChI is InChI=1S/C15H15BrFNO/c1-2-8-19-15-4-3-7-18-14(15)9-11-5-6-12(16)10-13(11)17/h3-7,10H,2,8-9H2,1H3. The van der Waals surface area contributed by atoms with Gasteiger partial charge in [0.2, 0.25) is 0 Å². The van der Waals surface area contributed by atoms with Gasteiger partial charge in [-0.3, -0.25) is 4.98 Å². The topological polar surface area (TPSA) is 22.1 Å². The summed E-state index contributed by atoms with van der Waals surface area (Å²) >= 11 is 3.25. The van der Waals surface area contributed by atoms with E-state index in [1.54, 1.807) is 12.3 Å². The van der Waals surface area contributed by atoms with Crippen molar-refractivity contribution in [3.63, 3.8) is 0 Å². The minimum absolute atomic E-state index is 0.235. The zero-order valence-corrected chi connectivity index (χ0v) is 12.3. The minimum Gasteiger partial charge on any atom is -0.492 e. The third-order valence-electron chi connectivity index (χ3n) is 2.68. The highest BCUT2D eigenvalue weighted by Crippen LogP contribution is 2.22. The monoisotopic (exact) mass is 323 g/mol. The highest BCUT2D eigenvalue weighted by atomic mass is 79.9. The maximum absolute atomic E-state index is 13.8. The van der Waals surface area contributed by atoms with E-state index in [0.29, 0.717) is 18.6 Å². The van der Waals surface area contributed by atoms with E-state index in [2.05, 4.69) is 20.9 Å². The molecule has 0 saturated carbocycles. The van der Waals surface area contributed by atoms with E-state index in [-0.39, 0.29) is 5.82 Å². The van der Waals surface area contributed by atoms with Gasteiger partial charge < -0.3 is 4.74 Å². The van der Waals surface area contributed by atoms with Crippen molar-refractivity contribution in [2.24, 2.45) is 0 Å². The van der Waals surface area contributed by atoms with Gasteiger partial charge in [0.25, 0.3) is 0 Å². The van der Waals surface area contributed by atoms with Crippen LogP contribution < -0.4 is 4.74 Å². The number of hydrogen-bond acceptors (Lipinski definition) is 2. The van der Waals surface area contributed by atoms with E-state index in [4.69, 9.17) is 4.74 Å². The molecule has 2 rings (SSSR count). The Morgan fingerprint density at radius 2 is 2.16 bits per heavy atom. The number of ether oxygens (including phenoxy) is 1. The van der Waals surface area contributed by atoms with Crippen LogP contribution in [0.5, 0.6) is 5.75 Å². The average Bonchev–Trinajstić information content (AvgIpc) is 2.41. The molecule has 0 bridgehead atoms. The van der Waals surface area contributed by atoms with Crippen molar-refractivity contribution >= 4 is 15.9 Å². The fourth-order valence-electron chi connectivity index (χ4n) is 1.74. The van der Waals surface area contributed by atoms with Crippen molar-refractivity contribution in [2.75, 3.05) is 6.61 Å². The van der Waals surface area contributed by atoms with Crippen LogP contribution in [0.25, 0.3) is 0 Å². The van der Waals surface area contributed by atoms with Gasteiger partial charge in [-0.2, -0.15) is 0 Å². The van der Waals surface area contributed by atoms with Crippen LogP contribution in [0, 0.1) is 5.82 Å². The molecule has 0 radical (unpaired) electrons. The molecule has 0 aliphatic rings. The van der Waals surface area contributed by atoms with Crippen molar-refractivity contribution in [2.45, 2.75) is 19.8 Å². The molecule has 0 amide bonds. The second-order valence-electron chi connectivity index (χ2n) is 4.21. The van der Waals surface area contributed by atoms with Crippen LogP contribution >= 0.6 is 15.9 Å². The molecule has 4 heteroatoms. The molecule has 0 atom stereocenters. The molecule has 0 spiro atoms. The SMILES string of the molecule is CCCOc1cccnc1Cc1ccc(Br)cc1F. The highest BCUT2D eigenvalue weighted by molar-refractivity contribution is 9.10. The van der Waals surface area contributed by atoms with E-state index >= 15 is 0 Å². The molecule has 0 saturated heterocycles. The Morgan fingerprint density at radius 1 is 1.32 bits per heavy atom. The Labute approximate surface area is 120 Å². The molecule has 0 fully saturated rings. The van der Waals surface area contributed by atoms with Crippen LogP contribution in [0.15, 0.2) is 41.0 Å². The Morgan fingerprint density at radius 3 is 2.89 bits per heavy atom. The van der Waals surface area contributed by atoms with Gasteiger partial charge in [-0.05, 0) is 36.2 Å². The van der Waals surface area contributed by atoms with Crippen LogP contribution in [0.2, 0.25) is 0 Å². The van der Waals surface area contributed by atoms with Crippen molar-refractivity contribution in [3.05, 3.63) is 58.1 Å². The van der Waals surface area contributed by atoms with E-state index in [0.717, 1.165) is 22.3 Å².